The Hall–Kier alpha value is -0.600. The zero-order valence-electron chi connectivity index (χ0n) is 7.93. The number of para-hydroxylation sites is 1. The van der Waals surface area contributed by atoms with Gasteiger partial charge in [-0.2, -0.15) is 0 Å². The summed E-state index contributed by atoms with van der Waals surface area (Å²) in [6, 6.07) is 5.39. The number of halogens is 2. The van der Waals surface area contributed by atoms with Crippen molar-refractivity contribution in [2.24, 2.45) is 0 Å². The van der Waals surface area contributed by atoms with Crippen LogP contribution < -0.4 is 9.47 Å². The van der Waals surface area contributed by atoms with Crippen LogP contribution in [0.15, 0.2) is 18.2 Å². The molecule has 0 saturated heterocycles. The van der Waals surface area contributed by atoms with Crippen LogP contribution in [0.25, 0.3) is 0 Å². The average molecular weight is 235 g/mol. The molecule has 0 N–H and O–H groups in total. The van der Waals surface area contributed by atoms with E-state index in [2.05, 4.69) is 0 Å². The van der Waals surface area contributed by atoms with Gasteiger partial charge in [-0.1, -0.05) is 17.7 Å². The Morgan fingerprint density at radius 3 is 2.71 bits per heavy atom. The van der Waals surface area contributed by atoms with Gasteiger partial charge in [0.05, 0.1) is 17.5 Å². The van der Waals surface area contributed by atoms with E-state index in [1.807, 2.05) is 19.1 Å². The summed E-state index contributed by atoms with van der Waals surface area (Å²) in [7, 11) is 0. The van der Waals surface area contributed by atoms with Crippen molar-refractivity contribution in [3.8, 4) is 11.5 Å². The van der Waals surface area contributed by atoms with Crippen LogP contribution in [0.5, 0.6) is 11.5 Å². The summed E-state index contributed by atoms with van der Waals surface area (Å²) < 4.78 is 10.7. The lowest BCUT2D eigenvalue weighted by atomic mass is 10.3. The summed E-state index contributed by atoms with van der Waals surface area (Å²) >= 11 is 11.5. The van der Waals surface area contributed by atoms with Gasteiger partial charge in [-0.25, -0.2) is 0 Å². The monoisotopic (exact) mass is 234 g/mol. The smallest absolute Gasteiger partial charge is 0.179 e. The summed E-state index contributed by atoms with van der Waals surface area (Å²) in [5.41, 5.74) is 0. The van der Waals surface area contributed by atoms with Gasteiger partial charge in [0.2, 0.25) is 0 Å². The Morgan fingerprint density at radius 1 is 1.29 bits per heavy atom. The molecule has 0 saturated carbocycles. The van der Waals surface area contributed by atoms with Gasteiger partial charge in [0.1, 0.15) is 6.61 Å². The van der Waals surface area contributed by atoms with Gasteiger partial charge >= 0.3 is 0 Å². The first-order valence-electron chi connectivity index (χ1n) is 4.39. The second-order valence-electron chi connectivity index (χ2n) is 2.54. The normalized spacial score (nSPS) is 9.93. The van der Waals surface area contributed by atoms with Crippen LogP contribution in [0.3, 0.4) is 0 Å². The average Bonchev–Trinajstić information content (AvgIpc) is 2.19. The molecule has 0 atom stereocenters. The fourth-order valence-corrected chi connectivity index (χ4v) is 1.33. The zero-order valence-corrected chi connectivity index (χ0v) is 9.44. The van der Waals surface area contributed by atoms with Crippen LogP contribution in [0, 0.1) is 0 Å². The molecule has 0 unspecified atom stereocenters. The third-order valence-electron chi connectivity index (χ3n) is 1.55. The molecule has 0 aliphatic heterocycles. The highest BCUT2D eigenvalue weighted by atomic mass is 35.5. The van der Waals surface area contributed by atoms with E-state index in [0.29, 0.717) is 35.6 Å². The lowest BCUT2D eigenvalue weighted by Gasteiger charge is -2.11. The van der Waals surface area contributed by atoms with Crippen LogP contribution in [-0.4, -0.2) is 19.1 Å². The maximum atomic E-state index is 5.95. The lowest BCUT2D eigenvalue weighted by molar-refractivity contribution is 0.289. The highest BCUT2D eigenvalue weighted by molar-refractivity contribution is 6.32. The first-order chi connectivity index (χ1) is 6.79. The number of hydrogen-bond acceptors (Lipinski definition) is 2. The molecule has 78 valence electrons. The van der Waals surface area contributed by atoms with Gasteiger partial charge in [-0.15, -0.1) is 11.6 Å². The van der Waals surface area contributed by atoms with Crippen molar-refractivity contribution < 1.29 is 9.47 Å². The quantitative estimate of drug-likeness (QED) is 0.728. The fraction of sp³-hybridized carbons (Fsp3) is 0.400. The molecule has 0 radical (unpaired) electrons. The molecular weight excluding hydrogens is 223 g/mol. The minimum Gasteiger partial charge on any atom is -0.488 e. The maximum Gasteiger partial charge on any atom is 0.179 e. The molecular formula is C10H12Cl2O2. The summed E-state index contributed by atoms with van der Waals surface area (Å²) in [4.78, 5) is 0. The molecule has 1 aromatic carbocycles. The molecule has 0 heterocycles. The number of ether oxygens (including phenoxy) is 2. The first-order valence-corrected chi connectivity index (χ1v) is 5.31. The number of hydrogen-bond donors (Lipinski definition) is 0. The second-order valence-corrected chi connectivity index (χ2v) is 3.32. The molecule has 0 bridgehead atoms. The van der Waals surface area contributed by atoms with Gasteiger partial charge in [0.15, 0.2) is 11.5 Å². The van der Waals surface area contributed by atoms with Crippen molar-refractivity contribution in [2.45, 2.75) is 6.92 Å². The predicted molar refractivity (Wildman–Crippen MR) is 58.8 cm³/mol. The third-order valence-corrected chi connectivity index (χ3v) is 2.01. The molecule has 0 fully saturated rings. The van der Waals surface area contributed by atoms with E-state index in [1.54, 1.807) is 6.07 Å². The van der Waals surface area contributed by atoms with Gasteiger partial charge in [-0.05, 0) is 19.1 Å². The molecule has 1 aromatic rings. The minimum absolute atomic E-state index is 0.443. The van der Waals surface area contributed by atoms with E-state index >= 15 is 0 Å². The summed E-state index contributed by atoms with van der Waals surface area (Å²) in [6.45, 7) is 2.90. The van der Waals surface area contributed by atoms with E-state index < -0.39 is 0 Å². The maximum absolute atomic E-state index is 5.95. The molecule has 0 amide bonds. The summed E-state index contributed by atoms with van der Waals surface area (Å²) in [5.74, 6) is 1.67. The van der Waals surface area contributed by atoms with Gasteiger partial charge < -0.3 is 9.47 Å². The van der Waals surface area contributed by atoms with E-state index in [9.17, 15) is 0 Å². The Morgan fingerprint density at radius 2 is 2.07 bits per heavy atom. The molecule has 0 spiro atoms. The van der Waals surface area contributed by atoms with Crippen LogP contribution in [-0.2, 0) is 0 Å². The zero-order chi connectivity index (χ0) is 10.4. The Kier molecular flexibility index (Phi) is 4.91. The molecule has 14 heavy (non-hydrogen) atoms. The van der Waals surface area contributed by atoms with Crippen molar-refractivity contribution in [2.75, 3.05) is 19.1 Å². The van der Waals surface area contributed by atoms with Crippen LogP contribution in [0.2, 0.25) is 5.02 Å². The number of rotatable bonds is 5. The highest BCUT2D eigenvalue weighted by Crippen LogP contribution is 2.34. The summed E-state index contributed by atoms with van der Waals surface area (Å²) in [6.07, 6.45) is 0. The van der Waals surface area contributed by atoms with E-state index in [1.165, 1.54) is 0 Å². The number of benzene rings is 1. The van der Waals surface area contributed by atoms with Crippen molar-refractivity contribution in [1.82, 2.24) is 0 Å². The Labute approximate surface area is 93.7 Å². The van der Waals surface area contributed by atoms with Crippen LogP contribution in [0.4, 0.5) is 0 Å². The van der Waals surface area contributed by atoms with Crippen LogP contribution >= 0.6 is 23.2 Å². The van der Waals surface area contributed by atoms with Crippen molar-refractivity contribution in [3.63, 3.8) is 0 Å². The van der Waals surface area contributed by atoms with E-state index in [4.69, 9.17) is 32.7 Å². The molecule has 0 aliphatic rings. The predicted octanol–water partition coefficient (Wildman–Crippen LogP) is 3.36. The van der Waals surface area contributed by atoms with E-state index in [-0.39, 0.29) is 0 Å². The number of alkyl halides is 1. The molecule has 4 heteroatoms. The fourth-order valence-electron chi connectivity index (χ4n) is 1.04. The largest absolute Gasteiger partial charge is 0.488 e. The first kappa shape index (κ1) is 11.5. The molecule has 2 nitrogen and oxygen atoms in total. The second kappa shape index (κ2) is 5.99. The molecule has 0 aliphatic carbocycles. The minimum atomic E-state index is 0.443. The van der Waals surface area contributed by atoms with Crippen molar-refractivity contribution in [3.05, 3.63) is 23.2 Å². The SMILES string of the molecule is CCOc1c(Cl)cccc1OCCCl. The van der Waals surface area contributed by atoms with Gasteiger partial charge in [-0.3, -0.25) is 0 Å². The molecule has 1 rings (SSSR count). The third kappa shape index (κ3) is 2.96. The lowest BCUT2D eigenvalue weighted by Crippen LogP contribution is -2.01. The van der Waals surface area contributed by atoms with Gasteiger partial charge in [0.25, 0.3) is 0 Å². The van der Waals surface area contributed by atoms with Crippen LogP contribution in [0.1, 0.15) is 6.92 Å². The summed E-state index contributed by atoms with van der Waals surface area (Å²) in [5, 5.41) is 0.555. The van der Waals surface area contributed by atoms with Gasteiger partial charge in [0, 0.05) is 0 Å². The molecule has 0 aromatic heterocycles. The van der Waals surface area contributed by atoms with E-state index in [0.717, 1.165) is 0 Å². The Bertz CT molecular complexity index is 289. The highest BCUT2D eigenvalue weighted by Gasteiger charge is 2.08. The standard InChI is InChI=1S/C10H12Cl2O2/c1-2-13-10-8(12)4-3-5-9(10)14-7-6-11/h3-5H,2,6-7H2,1H3. The Balaban J connectivity index is 2.83. The van der Waals surface area contributed by atoms with Crippen molar-refractivity contribution in [1.29, 1.82) is 0 Å². The van der Waals surface area contributed by atoms with Crippen molar-refractivity contribution >= 4 is 23.2 Å². The topological polar surface area (TPSA) is 18.5 Å².